The van der Waals surface area contributed by atoms with Crippen molar-refractivity contribution in [2.75, 3.05) is 18.8 Å². The summed E-state index contributed by atoms with van der Waals surface area (Å²) in [7, 11) is 0. The maximum atomic E-state index is 12.7. The van der Waals surface area contributed by atoms with E-state index in [1.807, 2.05) is 23.1 Å². The molecule has 0 atom stereocenters. The first kappa shape index (κ1) is 19.5. The molecule has 3 nitrogen and oxygen atoms in total. The molecule has 0 aliphatic heterocycles. The fraction of sp³-hybridized carbons (Fsp3) is 0.524. The Hall–Kier alpha value is -1.26. The van der Waals surface area contributed by atoms with Crippen LogP contribution in [0.5, 0.6) is 0 Å². The Balaban J connectivity index is 1.90. The number of hydrogen-bond donors (Lipinski definition) is 0. The summed E-state index contributed by atoms with van der Waals surface area (Å²) >= 11 is 7.93. The predicted molar refractivity (Wildman–Crippen MR) is 111 cm³/mol. The molecular weight excluding hydrogens is 364 g/mol. The first-order valence-corrected chi connectivity index (χ1v) is 11.0. The summed E-state index contributed by atoms with van der Waals surface area (Å²) < 4.78 is 0. The number of benzene rings is 1. The number of nitrogens with zero attached hydrogens (tertiary/aromatic N) is 2. The SMILES string of the molecule is CCCN(CCC)C(=O)CSc1c2c(nc3ccc(Cl)cc13)CCCC2. The largest absolute Gasteiger partial charge is 0.342 e. The summed E-state index contributed by atoms with van der Waals surface area (Å²) in [6.45, 7) is 5.93. The molecular formula is C21H27ClN2OS. The number of thioether (sulfide) groups is 1. The Morgan fingerprint density at radius 1 is 1.19 bits per heavy atom. The molecule has 2 aromatic rings. The van der Waals surface area contributed by atoms with E-state index < -0.39 is 0 Å². The number of carbonyl (C=O) groups is 1. The van der Waals surface area contributed by atoms with Crippen LogP contribution in [-0.2, 0) is 17.6 Å². The quantitative estimate of drug-likeness (QED) is 0.584. The molecule has 0 saturated heterocycles. The standard InChI is InChI=1S/C21H27ClN2OS/c1-3-11-24(12-4-2)20(25)14-26-21-16-7-5-6-8-18(16)23-19-10-9-15(22)13-17(19)21/h9-10,13H,3-8,11-12,14H2,1-2H3. The van der Waals surface area contributed by atoms with Gasteiger partial charge in [-0.25, -0.2) is 0 Å². The molecule has 0 radical (unpaired) electrons. The number of rotatable bonds is 7. The lowest BCUT2D eigenvalue weighted by atomic mass is 9.94. The van der Waals surface area contributed by atoms with Crippen LogP contribution < -0.4 is 0 Å². The number of fused-ring (bicyclic) bond motifs is 2. The normalized spacial score (nSPS) is 13.7. The van der Waals surface area contributed by atoms with Crippen LogP contribution in [0, 0.1) is 0 Å². The van der Waals surface area contributed by atoms with Gasteiger partial charge in [0.15, 0.2) is 0 Å². The highest BCUT2D eigenvalue weighted by molar-refractivity contribution is 8.00. The third kappa shape index (κ3) is 4.34. The van der Waals surface area contributed by atoms with E-state index in [9.17, 15) is 4.79 Å². The zero-order valence-corrected chi connectivity index (χ0v) is 17.3. The molecule has 3 rings (SSSR count). The minimum atomic E-state index is 0.232. The first-order chi connectivity index (χ1) is 12.6. The molecule has 1 aromatic heterocycles. The summed E-state index contributed by atoms with van der Waals surface area (Å²) in [6.07, 6.45) is 6.48. The number of aromatic nitrogens is 1. The van der Waals surface area contributed by atoms with E-state index in [-0.39, 0.29) is 5.91 Å². The van der Waals surface area contributed by atoms with Crippen LogP contribution in [0.2, 0.25) is 5.02 Å². The Labute approximate surface area is 165 Å². The van der Waals surface area contributed by atoms with Crippen molar-refractivity contribution in [1.29, 1.82) is 0 Å². The summed E-state index contributed by atoms with van der Waals surface area (Å²) in [5.41, 5.74) is 3.53. The van der Waals surface area contributed by atoms with E-state index in [0.717, 1.165) is 54.7 Å². The predicted octanol–water partition coefficient (Wildman–Crippen LogP) is 5.51. The van der Waals surface area contributed by atoms with Gasteiger partial charge >= 0.3 is 0 Å². The number of carbonyl (C=O) groups excluding carboxylic acids is 1. The van der Waals surface area contributed by atoms with E-state index in [0.29, 0.717) is 5.75 Å². The molecule has 1 aliphatic carbocycles. The maximum Gasteiger partial charge on any atom is 0.232 e. The van der Waals surface area contributed by atoms with Crippen molar-refractivity contribution in [3.63, 3.8) is 0 Å². The minimum Gasteiger partial charge on any atom is -0.342 e. The molecule has 0 saturated carbocycles. The Kier molecular flexibility index (Phi) is 6.82. The first-order valence-electron chi connectivity index (χ1n) is 9.65. The monoisotopic (exact) mass is 390 g/mol. The smallest absolute Gasteiger partial charge is 0.232 e. The highest BCUT2D eigenvalue weighted by atomic mass is 35.5. The van der Waals surface area contributed by atoms with Gasteiger partial charge in [0.2, 0.25) is 5.91 Å². The zero-order chi connectivity index (χ0) is 18.5. The number of hydrogen-bond acceptors (Lipinski definition) is 3. The van der Waals surface area contributed by atoms with Crippen LogP contribution in [0.3, 0.4) is 0 Å². The molecule has 1 heterocycles. The lowest BCUT2D eigenvalue weighted by Crippen LogP contribution is -2.33. The van der Waals surface area contributed by atoms with Crippen LogP contribution in [-0.4, -0.2) is 34.6 Å². The third-order valence-electron chi connectivity index (χ3n) is 4.85. The van der Waals surface area contributed by atoms with Gasteiger partial charge in [0.05, 0.1) is 11.3 Å². The zero-order valence-electron chi connectivity index (χ0n) is 15.7. The average molecular weight is 391 g/mol. The van der Waals surface area contributed by atoms with Crippen molar-refractivity contribution >= 4 is 40.2 Å². The molecule has 0 bridgehead atoms. The highest BCUT2D eigenvalue weighted by Gasteiger charge is 2.20. The van der Waals surface area contributed by atoms with Crippen LogP contribution >= 0.6 is 23.4 Å². The second kappa shape index (κ2) is 9.09. The summed E-state index contributed by atoms with van der Waals surface area (Å²) in [4.78, 5) is 20.8. The fourth-order valence-corrected chi connectivity index (χ4v) is 4.98. The molecule has 1 aromatic carbocycles. The van der Waals surface area contributed by atoms with E-state index in [4.69, 9.17) is 16.6 Å². The minimum absolute atomic E-state index is 0.232. The Morgan fingerprint density at radius 3 is 2.65 bits per heavy atom. The van der Waals surface area contributed by atoms with Gasteiger partial charge in [-0.1, -0.05) is 25.4 Å². The molecule has 0 N–H and O–H groups in total. The van der Waals surface area contributed by atoms with Crippen molar-refractivity contribution in [2.45, 2.75) is 57.3 Å². The molecule has 0 unspecified atom stereocenters. The lowest BCUT2D eigenvalue weighted by Gasteiger charge is -2.23. The third-order valence-corrected chi connectivity index (χ3v) is 6.23. The van der Waals surface area contributed by atoms with E-state index in [1.54, 1.807) is 11.8 Å². The Morgan fingerprint density at radius 2 is 1.92 bits per heavy atom. The summed E-state index contributed by atoms with van der Waals surface area (Å²) in [5.74, 6) is 0.716. The average Bonchev–Trinajstić information content (AvgIpc) is 2.65. The Bertz CT molecular complexity index is 787. The van der Waals surface area contributed by atoms with Gasteiger partial charge in [0.1, 0.15) is 0 Å². The van der Waals surface area contributed by atoms with Crippen LogP contribution in [0.4, 0.5) is 0 Å². The van der Waals surface area contributed by atoms with Crippen LogP contribution in [0.15, 0.2) is 23.1 Å². The topological polar surface area (TPSA) is 33.2 Å². The fourth-order valence-electron chi connectivity index (χ4n) is 3.64. The van der Waals surface area contributed by atoms with E-state index in [2.05, 4.69) is 13.8 Å². The number of pyridine rings is 1. The van der Waals surface area contributed by atoms with Crippen LogP contribution in [0.1, 0.15) is 50.8 Å². The van der Waals surface area contributed by atoms with Gasteiger partial charge in [0, 0.05) is 34.1 Å². The van der Waals surface area contributed by atoms with Gasteiger partial charge in [-0.15, -0.1) is 11.8 Å². The van der Waals surface area contributed by atoms with Crippen molar-refractivity contribution < 1.29 is 4.79 Å². The van der Waals surface area contributed by atoms with Crippen molar-refractivity contribution in [1.82, 2.24) is 9.88 Å². The number of halogens is 1. The molecule has 1 amide bonds. The maximum absolute atomic E-state index is 12.7. The second-order valence-electron chi connectivity index (χ2n) is 6.90. The molecule has 140 valence electrons. The molecule has 5 heteroatoms. The van der Waals surface area contributed by atoms with Gasteiger partial charge in [-0.05, 0) is 62.3 Å². The van der Waals surface area contributed by atoms with Crippen molar-refractivity contribution in [3.8, 4) is 0 Å². The lowest BCUT2D eigenvalue weighted by molar-refractivity contribution is -0.128. The van der Waals surface area contributed by atoms with Crippen LogP contribution in [0.25, 0.3) is 10.9 Å². The molecule has 26 heavy (non-hydrogen) atoms. The molecule has 0 fully saturated rings. The van der Waals surface area contributed by atoms with Gasteiger partial charge in [-0.2, -0.15) is 0 Å². The van der Waals surface area contributed by atoms with E-state index >= 15 is 0 Å². The molecule has 0 spiro atoms. The highest BCUT2D eigenvalue weighted by Crippen LogP contribution is 2.37. The number of aryl methyl sites for hydroxylation is 1. The summed E-state index contributed by atoms with van der Waals surface area (Å²) in [6, 6.07) is 5.90. The van der Waals surface area contributed by atoms with E-state index in [1.165, 1.54) is 29.0 Å². The summed E-state index contributed by atoms with van der Waals surface area (Å²) in [5, 5.41) is 1.82. The van der Waals surface area contributed by atoms with Gasteiger partial charge in [0.25, 0.3) is 0 Å². The second-order valence-corrected chi connectivity index (χ2v) is 8.33. The van der Waals surface area contributed by atoms with Gasteiger partial charge in [-0.3, -0.25) is 9.78 Å². The number of amides is 1. The molecule has 1 aliphatic rings. The van der Waals surface area contributed by atoms with Crippen molar-refractivity contribution in [3.05, 3.63) is 34.5 Å². The van der Waals surface area contributed by atoms with Crippen molar-refractivity contribution in [2.24, 2.45) is 0 Å². The van der Waals surface area contributed by atoms with Gasteiger partial charge < -0.3 is 4.90 Å².